The molecule has 0 N–H and O–H groups in total. The maximum atomic E-state index is 10.9. The molecule has 6 nitrogen and oxygen atoms in total. The molecule has 3 aromatic carbocycles. The molecule has 144 valence electrons. The van der Waals surface area contributed by atoms with Crippen molar-refractivity contribution in [3.05, 3.63) is 89.5 Å². The van der Waals surface area contributed by atoms with Gasteiger partial charge in [0.1, 0.15) is 18.9 Å². The van der Waals surface area contributed by atoms with E-state index in [0.29, 0.717) is 34.2 Å². The summed E-state index contributed by atoms with van der Waals surface area (Å²) in [6.07, 6.45) is 2.33. The van der Waals surface area contributed by atoms with Gasteiger partial charge in [0, 0.05) is 33.4 Å². The SMILES string of the molecule is O=Cc1ccc(-c2nc(-c3ccc(C=O)cc3)nc(-c3ccc(C=O)cc3)n2)cc1. The number of aromatic nitrogens is 3. The number of nitrogens with zero attached hydrogens (tertiary/aromatic N) is 3. The van der Waals surface area contributed by atoms with Crippen LogP contribution in [0.15, 0.2) is 72.8 Å². The second-order valence-electron chi connectivity index (χ2n) is 6.53. The van der Waals surface area contributed by atoms with E-state index in [1.54, 1.807) is 72.8 Å². The summed E-state index contributed by atoms with van der Waals surface area (Å²) < 4.78 is 0. The van der Waals surface area contributed by atoms with Crippen molar-refractivity contribution in [1.82, 2.24) is 15.0 Å². The van der Waals surface area contributed by atoms with E-state index in [1.807, 2.05) is 0 Å². The highest BCUT2D eigenvalue weighted by atomic mass is 16.1. The summed E-state index contributed by atoms with van der Waals surface area (Å²) in [5, 5.41) is 0. The van der Waals surface area contributed by atoms with Crippen LogP contribution in [0.5, 0.6) is 0 Å². The molecule has 6 heteroatoms. The Kier molecular flexibility index (Phi) is 5.30. The summed E-state index contributed by atoms with van der Waals surface area (Å²) in [4.78, 5) is 46.6. The molecule has 0 spiro atoms. The smallest absolute Gasteiger partial charge is 0.164 e. The Morgan fingerprint density at radius 3 is 0.833 bits per heavy atom. The molecule has 1 heterocycles. The molecule has 4 rings (SSSR count). The highest BCUT2D eigenvalue weighted by molar-refractivity contribution is 5.78. The molecule has 0 atom stereocenters. The topological polar surface area (TPSA) is 89.9 Å². The third-order valence-electron chi connectivity index (χ3n) is 4.55. The molecule has 4 aromatic rings. The van der Waals surface area contributed by atoms with Gasteiger partial charge >= 0.3 is 0 Å². The van der Waals surface area contributed by atoms with Crippen LogP contribution in [0.25, 0.3) is 34.2 Å². The molecule has 0 saturated carbocycles. The van der Waals surface area contributed by atoms with E-state index >= 15 is 0 Å². The summed E-state index contributed by atoms with van der Waals surface area (Å²) in [6, 6.07) is 20.8. The fraction of sp³-hybridized carbons (Fsp3) is 0. The number of benzene rings is 3. The molecule has 30 heavy (non-hydrogen) atoms. The molecule has 0 radical (unpaired) electrons. The average Bonchev–Trinajstić information content (AvgIpc) is 2.84. The summed E-state index contributed by atoms with van der Waals surface area (Å²) in [7, 11) is 0. The predicted octanol–water partition coefficient (Wildman–Crippen LogP) is 4.31. The second-order valence-corrected chi connectivity index (χ2v) is 6.53. The molecular formula is C24H15N3O3. The minimum absolute atomic E-state index is 0.450. The van der Waals surface area contributed by atoms with Crippen LogP contribution in [0.1, 0.15) is 31.1 Å². The van der Waals surface area contributed by atoms with Gasteiger partial charge in [0.2, 0.25) is 0 Å². The molecule has 0 saturated heterocycles. The Hall–Kier alpha value is -4.32. The van der Waals surface area contributed by atoms with Crippen LogP contribution < -0.4 is 0 Å². The molecule has 0 amide bonds. The minimum Gasteiger partial charge on any atom is -0.298 e. The van der Waals surface area contributed by atoms with Crippen LogP contribution in [-0.2, 0) is 0 Å². The Balaban J connectivity index is 1.86. The summed E-state index contributed by atoms with van der Waals surface area (Å²) in [5.41, 5.74) is 3.88. The zero-order chi connectivity index (χ0) is 20.9. The first-order valence-corrected chi connectivity index (χ1v) is 9.13. The average molecular weight is 393 g/mol. The van der Waals surface area contributed by atoms with Crippen molar-refractivity contribution in [2.24, 2.45) is 0 Å². The van der Waals surface area contributed by atoms with Crippen molar-refractivity contribution >= 4 is 18.9 Å². The van der Waals surface area contributed by atoms with Gasteiger partial charge in [0.25, 0.3) is 0 Å². The molecular weight excluding hydrogens is 378 g/mol. The monoisotopic (exact) mass is 393 g/mol. The highest BCUT2D eigenvalue weighted by Gasteiger charge is 2.12. The van der Waals surface area contributed by atoms with E-state index in [1.165, 1.54) is 0 Å². The molecule has 0 aliphatic rings. The molecule has 1 aromatic heterocycles. The van der Waals surface area contributed by atoms with E-state index in [-0.39, 0.29) is 0 Å². The van der Waals surface area contributed by atoms with Gasteiger partial charge in [-0.15, -0.1) is 0 Å². The summed E-state index contributed by atoms with van der Waals surface area (Å²) >= 11 is 0. The lowest BCUT2D eigenvalue weighted by Gasteiger charge is -2.09. The minimum atomic E-state index is 0.450. The Morgan fingerprint density at radius 2 is 0.633 bits per heavy atom. The maximum Gasteiger partial charge on any atom is 0.164 e. The third-order valence-corrected chi connectivity index (χ3v) is 4.55. The number of carbonyl (C=O) groups is 3. The lowest BCUT2D eigenvalue weighted by molar-refractivity contribution is 0.111. The van der Waals surface area contributed by atoms with Gasteiger partial charge in [-0.3, -0.25) is 14.4 Å². The van der Waals surface area contributed by atoms with Crippen molar-refractivity contribution in [3.63, 3.8) is 0 Å². The van der Waals surface area contributed by atoms with Crippen molar-refractivity contribution < 1.29 is 14.4 Å². The molecule has 0 unspecified atom stereocenters. The van der Waals surface area contributed by atoms with E-state index in [4.69, 9.17) is 0 Å². The molecule has 0 aliphatic heterocycles. The van der Waals surface area contributed by atoms with Crippen LogP contribution in [0, 0.1) is 0 Å². The molecule has 0 aliphatic carbocycles. The number of hydrogen-bond acceptors (Lipinski definition) is 6. The number of carbonyl (C=O) groups excluding carboxylic acids is 3. The summed E-state index contributed by atoms with van der Waals surface area (Å²) in [5.74, 6) is 1.35. The van der Waals surface area contributed by atoms with Crippen LogP contribution in [-0.4, -0.2) is 33.8 Å². The zero-order valence-corrected chi connectivity index (χ0v) is 15.7. The Bertz CT molecular complexity index is 1050. The molecule has 0 bridgehead atoms. The lowest BCUT2D eigenvalue weighted by atomic mass is 10.1. The van der Waals surface area contributed by atoms with Gasteiger partial charge in [0.15, 0.2) is 17.5 Å². The zero-order valence-electron chi connectivity index (χ0n) is 15.7. The standard InChI is InChI=1S/C24H15N3O3/c28-13-16-1-7-19(8-2-16)22-25-23(20-9-3-17(14-29)4-10-20)27-24(26-22)21-11-5-18(15-30)6-12-21/h1-15H. The number of aldehydes is 3. The van der Waals surface area contributed by atoms with Crippen LogP contribution in [0.4, 0.5) is 0 Å². The van der Waals surface area contributed by atoms with Crippen molar-refractivity contribution in [2.45, 2.75) is 0 Å². The first-order chi connectivity index (χ1) is 14.7. The van der Waals surface area contributed by atoms with Gasteiger partial charge in [-0.25, -0.2) is 15.0 Å². The quantitative estimate of drug-likeness (QED) is 0.454. The largest absolute Gasteiger partial charge is 0.298 e. The van der Waals surface area contributed by atoms with E-state index < -0.39 is 0 Å². The lowest BCUT2D eigenvalue weighted by Crippen LogP contribution is -2.00. The fourth-order valence-corrected chi connectivity index (χ4v) is 2.90. The molecule has 0 fully saturated rings. The van der Waals surface area contributed by atoms with Crippen molar-refractivity contribution in [2.75, 3.05) is 0 Å². The van der Waals surface area contributed by atoms with Crippen LogP contribution in [0.2, 0.25) is 0 Å². The number of hydrogen-bond donors (Lipinski definition) is 0. The Labute approximate surface area is 172 Å². The number of rotatable bonds is 6. The van der Waals surface area contributed by atoms with Gasteiger partial charge in [-0.1, -0.05) is 72.8 Å². The summed E-state index contributed by atoms with van der Waals surface area (Å²) in [6.45, 7) is 0. The first-order valence-electron chi connectivity index (χ1n) is 9.13. The van der Waals surface area contributed by atoms with Crippen molar-refractivity contribution in [3.8, 4) is 34.2 Å². The first kappa shape index (κ1) is 19.0. The second kappa shape index (κ2) is 8.36. The van der Waals surface area contributed by atoms with Gasteiger partial charge in [-0.2, -0.15) is 0 Å². The third kappa shape index (κ3) is 3.93. The van der Waals surface area contributed by atoms with Gasteiger partial charge in [0.05, 0.1) is 0 Å². The highest BCUT2D eigenvalue weighted by Crippen LogP contribution is 2.25. The van der Waals surface area contributed by atoms with Gasteiger partial charge in [-0.05, 0) is 0 Å². The van der Waals surface area contributed by atoms with Crippen LogP contribution >= 0.6 is 0 Å². The fourth-order valence-electron chi connectivity index (χ4n) is 2.90. The maximum absolute atomic E-state index is 10.9. The van der Waals surface area contributed by atoms with Crippen molar-refractivity contribution in [1.29, 1.82) is 0 Å². The van der Waals surface area contributed by atoms with E-state index in [2.05, 4.69) is 15.0 Å². The predicted molar refractivity (Wildman–Crippen MR) is 112 cm³/mol. The van der Waals surface area contributed by atoms with E-state index in [9.17, 15) is 14.4 Å². The van der Waals surface area contributed by atoms with E-state index in [0.717, 1.165) is 35.5 Å². The van der Waals surface area contributed by atoms with Gasteiger partial charge < -0.3 is 0 Å². The Morgan fingerprint density at radius 1 is 0.400 bits per heavy atom. The normalized spacial score (nSPS) is 10.4. The van der Waals surface area contributed by atoms with Crippen LogP contribution in [0.3, 0.4) is 0 Å².